The number of aromatic nitrogens is 1. The van der Waals surface area contributed by atoms with Gasteiger partial charge in [-0.15, -0.1) is 0 Å². The molecule has 1 heterocycles. The molecule has 1 aromatic rings. The Kier molecular flexibility index (Phi) is 5.07. The summed E-state index contributed by atoms with van der Waals surface area (Å²) < 4.78 is 1.38. The molecular weight excluding hydrogens is 260 g/mol. The number of pyridine rings is 1. The van der Waals surface area contributed by atoms with Crippen LogP contribution in [0.5, 0.6) is 0 Å². The molecule has 6 heteroatoms. The molecule has 0 saturated heterocycles. The maximum atomic E-state index is 12.2. The number of carboxylic acid groups (broad SMARTS) is 1. The minimum atomic E-state index is -1.02. The zero-order valence-electron chi connectivity index (χ0n) is 12.0. The highest BCUT2D eigenvalue weighted by Gasteiger charge is 2.30. The Hall–Kier alpha value is -2.11. The molecule has 0 unspecified atom stereocenters. The molecule has 2 N–H and O–H groups in total. The van der Waals surface area contributed by atoms with E-state index in [0.29, 0.717) is 6.42 Å². The van der Waals surface area contributed by atoms with Crippen LogP contribution in [0.2, 0.25) is 0 Å². The summed E-state index contributed by atoms with van der Waals surface area (Å²) in [5, 5.41) is 11.2. The standard InChI is InChI=1S/C14H20N2O4/c1-10-6-7-11(17)16(9-10)14(2,3)13(20)15-8-4-5-12(18)19/h6-7,9H,4-5,8H2,1-3H3,(H,15,20)(H,18,19). The van der Waals surface area contributed by atoms with Gasteiger partial charge in [0, 0.05) is 25.2 Å². The summed E-state index contributed by atoms with van der Waals surface area (Å²) in [4.78, 5) is 34.4. The van der Waals surface area contributed by atoms with Crippen LogP contribution < -0.4 is 10.9 Å². The van der Waals surface area contributed by atoms with Gasteiger partial charge < -0.3 is 15.0 Å². The Bertz CT molecular complexity index is 561. The predicted octanol–water partition coefficient (Wildman–Crippen LogP) is 0.873. The van der Waals surface area contributed by atoms with Crippen molar-refractivity contribution >= 4 is 11.9 Å². The van der Waals surface area contributed by atoms with Crippen LogP contribution in [0.4, 0.5) is 0 Å². The molecule has 0 aliphatic heterocycles. The van der Waals surface area contributed by atoms with E-state index in [-0.39, 0.29) is 24.4 Å². The van der Waals surface area contributed by atoms with Gasteiger partial charge in [-0.3, -0.25) is 14.4 Å². The van der Waals surface area contributed by atoms with Crippen LogP contribution in [0.15, 0.2) is 23.1 Å². The smallest absolute Gasteiger partial charge is 0.303 e. The van der Waals surface area contributed by atoms with Gasteiger partial charge >= 0.3 is 5.97 Å². The Morgan fingerprint density at radius 3 is 2.60 bits per heavy atom. The molecule has 1 rings (SSSR count). The molecule has 20 heavy (non-hydrogen) atoms. The van der Waals surface area contributed by atoms with Crippen molar-refractivity contribution in [3.8, 4) is 0 Å². The van der Waals surface area contributed by atoms with Gasteiger partial charge in [0.2, 0.25) is 5.91 Å². The average Bonchev–Trinajstić information content (AvgIpc) is 2.36. The SMILES string of the molecule is Cc1ccc(=O)n(C(C)(C)C(=O)NCCCC(=O)O)c1. The second-order valence-electron chi connectivity index (χ2n) is 5.23. The van der Waals surface area contributed by atoms with E-state index in [1.54, 1.807) is 26.1 Å². The summed E-state index contributed by atoms with van der Waals surface area (Å²) in [7, 11) is 0. The van der Waals surface area contributed by atoms with Crippen LogP contribution in [0.1, 0.15) is 32.3 Å². The maximum Gasteiger partial charge on any atom is 0.303 e. The summed E-state index contributed by atoms with van der Waals surface area (Å²) in [5.41, 5.74) is -0.385. The van der Waals surface area contributed by atoms with Gasteiger partial charge in [-0.1, -0.05) is 6.07 Å². The summed E-state index contributed by atoms with van der Waals surface area (Å²) in [6.07, 6.45) is 2.00. The van der Waals surface area contributed by atoms with E-state index in [4.69, 9.17) is 5.11 Å². The highest BCUT2D eigenvalue weighted by atomic mass is 16.4. The largest absolute Gasteiger partial charge is 0.481 e. The number of carbonyl (C=O) groups is 2. The summed E-state index contributed by atoms with van der Waals surface area (Å²) in [5.74, 6) is -1.20. The lowest BCUT2D eigenvalue weighted by atomic mass is 10.0. The van der Waals surface area contributed by atoms with Crippen LogP contribution in [0.3, 0.4) is 0 Å². The average molecular weight is 280 g/mol. The summed E-state index contributed by atoms with van der Waals surface area (Å²) >= 11 is 0. The minimum absolute atomic E-state index is 0.00506. The molecule has 0 spiro atoms. The number of amides is 1. The highest BCUT2D eigenvalue weighted by molar-refractivity contribution is 5.83. The van der Waals surface area contributed by atoms with E-state index in [2.05, 4.69) is 5.32 Å². The van der Waals surface area contributed by atoms with Crippen molar-refractivity contribution in [2.75, 3.05) is 6.54 Å². The lowest BCUT2D eigenvalue weighted by Crippen LogP contribution is -2.48. The van der Waals surface area contributed by atoms with Crippen LogP contribution in [-0.4, -0.2) is 28.1 Å². The Balaban J connectivity index is 2.77. The third-order valence-corrected chi connectivity index (χ3v) is 3.07. The van der Waals surface area contributed by atoms with Gasteiger partial charge in [0.25, 0.3) is 5.56 Å². The van der Waals surface area contributed by atoms with Crippen molar-refractivity contribution in [2.45, 2.75) is 39.2 Å². The van der Waals surface area contributed by atoms with E-state index in [1.807, 2.05) is 6.92 Å². The molecule has 0 aliphatic carbocycles. The third-order valence-electron chi connectivity index (χ3n) is 3.07. The Morgan fingerprint density at radius 2 is 2.00 bits per heavy atom. The van der Waals surface area contributed by atoms with Gasteiger partial charge in [0.15, 0.2) is 0 Å². The fourth-order valence-electron chi connectivity index (χ4n) is 1.80. The second-order valence-corrected chi connectivity index (χ2v) is 5.23. The Morgan fingerprint density at radius 1 is 1.35 bits per heavy atom. The van der Waals surface area contributed by atoms with Crippen molar-refractivity contribution in [3.05, 3.63) is 34.2 Å². The van der Waals surface area contributed by atoms with Crippen LogP contribution in [-0.2, 0) is 15.1 Å². The topological polar surface area (TPSA) is 88.4 Å². The van der Waals surface area contributed by atoms with Gasteiger partial charge in [-0.05, 0) is 32.8 Å². The van der Waals surface area contributed by atoms with E-state index in [1.165, 1.54) is 10.6 Å². The van der Waals surface area contributed by atoms with Crippen molar-refractivity contribution in [2.24, 2.45) is 0 Å². The first-order valence-corrected chi connectivity index (χ1v) is 6.45. The molecule has 0 radical (unpaired) electrons. The van der Waals surface area contributed by atoms with Gasteiger partial charge in [0.05, 0.1) is 0 Å². The van der Waals surface area contributed by atoms with Crippen molar-refractivity contribution in [1.29, 1.82) is 0 Å². The van der Waals surface area contributed by atoms with Crippen molar-refractivity contribution < 1.29 is 14.7 Å². The molecule has 0 atom stereocenters. The van der Waals surface area contributed by atoms with E-state index in [0.717, 1.165) is 5.56 Å². The number of carbonyl (C=O) groups excluding carboxylic acids is 1. The normalized spacial score (nSPS) is 11.2. The molecule has 0 bridgehead atoms. The number of hydrogen-bond acceptors (Lipinski definition) is 3. The predicted molar refractivity (Wildman–Crippen MR) is 74.6 cm³/mol. The van der Waals surface area contributed by atoms with E-state index in [9.17, 15) is 14.4 Å². The van der Waals surface area contributed by atoms with Crippen LogP contribution >= 0.6 is 0 Å². The maximum absolute atomic E-state index is 12.2. The molecule has 110 valence electrons. The summed E-state index contributed by atoms with van der Waals surface area (Å²) in [6, 6.07) is 3.12. The molecule has 0 aliphatic rings. The van der Waals surface area contributed by atoms with Gasteiger partial charge in [-0.25, -0.2) is 0 Å². The zero-order chi connectivity index (χ0) is 15.3. The molecule has 0 aromatic carbocycles. The van der Waals surface area contributed by atoms with Gasteiger partial charge in [-0.2, -0.15) is 0 Å². The number of rotatable bonds is 6. The van der Waals surface area contributed by atoms with Crippen molar-refractivity contribution in [3.63, 3.8) is 0 Å². The molecule has 1 amide bonds. The number of aliphatic carboxylic acids is 1. The van der Waals surface area contributed by atoms with E-state index >= 15 is 0 Å². The number of nitrogens with zero attached hydrogens (tertiary/aromatic N) is 1. The molecule has 6 nitrogen and oxygen atoms in total. The zero-order valence-corrected chi connectivity index (χ0v) is 12.0. The first-order chi connectivity index (χ1) is 9.25. The fourth-order valence-corrected chi connectivity index (χ4v) is 1.80. The molecule has 1 aromatic heterocycles. The first kappa shape index (κ1) is 15.9. The molecular formula is C14H20N2O4. The fraction of sp³-hybridized carbons (Fsp3) is 0.500. The Labute approximate surface area is 117 Å². The van der Waals surface area contributed by atoms with Gasteiger partial charge in [0.1, 0.15) is 5.54 Å². The summed E-state index contributed by atoms with van der Waals surface area (Å²) in [6.45, 7) is 5.42. The number of hydrogen-bond donors (Lipinski definition) is 2. The van der Waals surface area contributed by atoms with Crippen LogP contribution in [0, 0.1) is 6.92 Å². The van der Waals surface area contributed by atoms with Crippen LogP contribution in [0.25, 0.3) is 0 Å². The lowest BCUT2D eigenvalue weighted by molar-refractivity contribution is -0.137. The molecule has 0 fully saturated rings. The van der Waals surface area contributed by atoms with E-state index < -0.39 is 11.5 Å². The highest BCUT2D eigenvalue weighted by Crippen LogP contribution is 2.13. The van der Waals surface area contributed by atoms with Crippen molar-refractivity contribution in [1.82, 2.24) is 9.88 Å². The molecule has 0 saturated carbocycles. The minimum Gasteiger partial charge on any atom is -0.481 e. The second kappa shape index (κ2) is 6.36. The number of carboxylic acids is 1. The lowest BCUT2D eigenvalue weighted by Gasteiger charge is -2.26. The number of nitrogens with one attached hydrogen (secondary N) is 1. The number of aryl methyl sites for hydroxylation is 1. The third kappa shape index (κ3) is 3.94. The first-order valence-electron chi connectivity index (χ1n) is 6.45. The monoisotopic (exact) mass is 280 g/mol. The quantitative estimate of drug-likeness (QED) is 0.757.